The number of hydrogen-bond acceptors (Lipinski definition) is 3. The highest BCUT2D eigenvalue weighted by molar-refractivity contribution is 7.92. The lowest BCUT2D eigenvalue weighted by Crippen LogP contribution is -2.40. The van der Waals surface area contributed by atoms with Crippen LogP contribution in [0.1, 0.15) is 23.1 Å². The van der Waals surface area contributed by atoms with Crippen LogP contribution in [-0.2, 0) is 21.2 Å². The smallest absolute Gasteiger partial charge is 0.240 e. The van der Waals surface area contributed by atoms with Crippen molar-refractivity contribution in [3.05, 3.63) is 65.2 Å². The number of carbonyl (C=O) groups is 1. The second-order valence-electron chi connectivity index (χ2n) is 6.55. The Morgan fingerprint density at radius 2 is 1.73 bits per heavy atom. The van der Waals surface area contributed by atoms with Crippen LogP contribution in [-0.4, -0.2) is 33.7 Å². The summed E-state index contributed by atoms with van der Waals surface area (Å²) in [4.78, 5) is 12.2. The van der Waals surface area contributed by atoms with Gasteiger partial charge in [0.2, 0.25) is 15.9 Å². The first-order valence-electron chi connectivity index (χ1n) is 8.62. The molecule has 0 spiro atoms. The van der Waals surface area contributed by atoms with Crippen LogP contribution in [0.15, 0.2) is 48.5 Å². The van der Waals surface area contributed by atoms with Gasteiger partial charge in [0, 0.05) is 6.54 Å². The fraction of sp³-hybridized carbons (Fsp3) is 0.350. The molecule has 0 saturated carbocycles. The average molecular weight is 375 g/mol. The molecule has 2 rings (SSSR count). The first kappa shape index (κ1) is 20.0. The number of nitrogens with one attached hydrogen (secondary N) is 1. The van der Waals surface area contributed by atoms with Crippen LogP contribution in [0.3, 0.4) is 0 Å². The van der Waals surface area contributed by atoms with Gasteiger partial charge in [0.25, 0.3) is 0 Å². The molecule has 0 fully saturated rings. The number of amides is 1. The molecule has 1 amide bonds. The summed E-state index contributed by atoms with van der Waals surface area (Å²) >= 11 is 0. The summed E-state index contributed by atoms with van der Waals surface area (Å²) in [5, 5.41) is 2.81. The van der Waals surface area contributed by atoms with Crippen molar-refractivity contribution in [2.24, 2.45) is 0 Å². The van der Waals surface area contributed by atoms with Crippen molar-refractivity contribution in [2.45, 2.75) is 26.7 Å². The Labute approximate surface area is 156 Å². The zero-order chi connectivity index (χ0) is 19.2. The van der Waals surface area contributed by atoms with Gasteiger partial charge >= 0.3 is 0 Å². The van der Waals surface area contributed by atoms with Crippen LogP contribution in [0.4, 0.5) is 5.69 Å². The molecule has 0 aliphatic heterocycles. The van der Waals surface area contributed by atoms with E-state index in [-0.39, 0.29) is 12.5 Å². The minimum absolute atomic E-state index is 0.216. The molecule has 6 heteroatoms. The third-order valence-corrected chi connectivity index (χ3v) is 5.20. The summed E-state index contributed by atoms with van der Waals surface area (Å²) in [5.74, 6) is -0.305. The molecule has 5 nitrogen and oxygen atoms in total. The summed E-state index contributed by atoms with van der Waals surface area (Å²) in [7, 11) is -3.53. The van der Waals surface area contributed by atoms with E-state index in [1.165, 1.54) is 11.1 Å². The predicted molar refractivity (Wildman–Crippen MR) is 106 cm³/mol. The number of hydrogen-bond donors (Lipinski definition) is 1. The van der Waals surface area contributed by atoms with Gasteiger partial charge in [-0.25, -0.2) is 8.42 Å². The van der Waals surface area contributed by atoms with Gasteiger partial charge in [0.05, 0.1) is 11.9 Å². The van der Waals surface area contributed by atoms with Crippen molar-refractivity contribution in [3.8, 4) is 0 Å². The van der Waals surface area contributed by atoms with E-state index < -0.39 is 10.0 Å². The fourth-order valence-corrected chi connectivity index (χ4v) is 3.54. The topological polar surface area (TPSA) is 66.5 Å². The van der Waals surface area contributed by atoms with Crippen molar-refractivity contribution >= 4 is 21.6 Å². The van der Waals surface area contributed by atoms with Crippen LogP contribution in [0, 0.1) is 13.8 Å². The highest BCUT2D eigenvalue weighted by Crippen LogP contribution is 2.17. The molecule has 1 N–H and O–H groups in total. The third-order valence-electron chi connectivity index (χ3n) is 4.06. The summed E-state index contributed by atoms with van der Waals surface area (Å²) in [6.45, 7) is 4.27. The summed E-state index contributed by atoms with van der Waals surface area (Å²) in [5.41, 5.74) is 3.97. The molecule has 2 aromatic rings. The first-order chi connectivity index (χ1) is 12.3. The number of anilines is 1. The lowest BCUT2D eigenvalue weighted by molar-refractivity contribution is -0.119. The number of nitrogens with zero attached hydrogens (tertiary/aromatic N) is 1. The Morgan fingerprint density at radius 1 is 1.04 bits per heavy atom. The van der Waals surface area contributed by atoms with E-state index in [9.17, 15) is 13.2 Å². The normalized spacial score (nSPS) is 11.2. The van der Waals surface area contributed by atoms with Gasteiger partial charge in [-0.05, 0) is 44.4 Å². The number of rotatable bonds is 8. The molecule has 0 radical (unpaired) electrons. The van der Waals surface area contributed by atoms with Crippen LogP contribution >= 0.6 is 0 Å². The van der Waals surface area contributed by atoms with Crippen molar-refractivity contribution in [3.63, 3.8) is 0 Å². The van der Waals surface area contributed by atoms with Crippen molar-refractivity contribution in [1.82, 2.24) is 5.32 Å². The van der Waals surface area contributed by atoms with E-state index in [2.05, 4.69) is 30.4 Å². The van der Waals surface area contributed by atoms with Gasteiger partial charge in [0.1, 0.15) is 6.54 Å². The van der Waals surface area contributed by atoms with Gasteiger partial charge in [-0.2, -0.15) is 0 Å². The van der Waals surface area contributed by atoms with Crippen LogP contribution in [0.2, 0.25) is 0 Å². The zero-order valence-electron chi connectivity index (χ0n) is 15.5. The zero-order valence-corrected chi connectivity index (χ0v) is 16.3. The van der Waals surface area contributed by atoms with E-state index in [0.717, 1.165) is 29.0 Å². The maximum absolute atomic E-state index is 12.2. The van der Waals surface area contributed by atoms with Crippen molar-refractivity contribution in [2.75, 3.05) is 23.7 Å². The van der Waals surface area contributed by atoms with E-state index in [0.29, 0.717) is 12.2 Å². The number of carbonyl (C=O) groups excluding carboxylic acids is 1. The average Bonchev–Trinajstić information content (AvgIpc) is 2.57. The molecule has 0 heterocycles. The lowest BCUT2D eigenvalue weighted by Gasteiger charge is -2.22. The Bertz CT molecular complexity index is 846. The molecule has 0 atom stereocenters. The van der Waals surface area contributed by atoms with Gasteiger partial charge in [-0.15, -0.1) is 0 Å². The second kappa shape index (κ2) is 8.85. The second-order valence-corrected chi connectivity index (χ2v) is 8.45. The Hall–Kier alpha value is -2.34. The van der Waals surface area contributed by atoms with Gasteiger partial charge in [-0.1, -0.05) is 47.5 Å². The van der Waals surface area contributed by atoms with Gasteiger partial charge in [0.15, 0.2) is 0 Å². The summed E-state index contributed by atoms with van der Waals surface area (Å²) in [6, 6.07) is 15.3. The van der Waals surface area contributed by atoms with Crippen LogP contribution in [0.5, 0.6) is 0 Å². The van der Waals surface area contributed by atoms with E-state index in [1.54, 1.807) is 12.1 Å². The minimum atomic E-state index is -3.53. The summed E-state index contributed by atoms with van der Waals surface area (Å²) < 4.78 is 25.2. The van der Waals surface area contributed by atoms with Crippen LogP contribution in [0.25, 0.3) is 0 Å². The number of benzene rings is 2. The molecule has 0 saturated heterocycles. The molecule has 0 unspecified atom stereocenters. The molecule has 0 aliphatic carbocycles. The quantitative estimate of drug-likeness (QED) is 0.723. The standard InChI is InChI=1S/C20H26N2O3S/c1-16-9-11-19(12-10-16)22(26(3,24)25)15-20(23)21-13-5-8-18-7-4-6-17(2)14-18/h4,6-7,9-12,14H,5,8,13,15H2,1-3H3,(H,21,23). The van der Waals surface area contributed by atoms with Gasteiger partial charge in [-0.3, -0.25) is 9.10 Å². The Morgan fingerprint density at radius 3 is 2.35 bits per heavy atom. The number of aryl methyl sites for hydroxylation is 3. The minimum Gasteiger partial charge on any atom is -0.355 e. The summed E-state index contributed by atoms with van der Waals surface area (Å²) in [6.07, 6.45) is 2.78. The molecule has 140 valence electrons. The third kappa shape index (κ3) is 6.19. The molecular formula is C20H26N2O3S. The molecule has 2 aromatic carbocycles. The largest absolute Gasteiger partial charge is 0.355 e. The molecule has 0 aliphatic rings. The molecule has 0 bridgehead atoms. The Kier molecular flexibility index (Phi) is 6.80. The highest BCUT2D eigenvalue weighted by Gasteiger charge is 2.20. The lowest BCUT2D eigenvalue weighted by atomic mass is 10.1. The van der Waals surface area contributed by atoms with E-state index in [4.69, 9.17) is 0 Å². The number of sulfonamides is 1. The fourth-order valence-electron chi connectivity index (χ4n) is 2.69. The maximum Gasteiger partial charge on any atom is 0.240 e. The monoisotopic (exact) mass is 374 g/mol. The molecule has 26 heavy (non-hydrogen) atoms. The SMILES string of the molecule is Cc1ccc(N(CC(=O)NCCCc2cccc(C)c2)S(C)(=O)=O)cc1. The maximum atomic E-state index is 12.2. The van der Waals surface area contributed by atoms with E-state index >= 15 is 0 Å². The van der Waals surface area contributed by atoms with Crippen molar-refractivity contribution < 1.29 is 13.2 Å². The van der Waals surface area contributed by atoms with Crippen LogP contribution < -0.4 is 9.62 Å². The highest BCUT2D eigenvalue weighted by atomic mass is 32.2. The van der Waals surface area contributed by atoms with Gasteiger partial charge < -0.3 is 5.32 Å². The predicted octanol–water partition coefficient (Wildman–Crippen LogP) is 2.82. The first-order valence-corrected chi connectivity index (χ1v) is 10.5. The molecule has 0 aromatic heterocycles. The van der Waals surface area contributed by atoms with Crippen molar-refractivity contribution in [1.29, 1.82) is 0 Å². The Balaban J connectivity index is 1.88. The molecular weight excluding hydrogens is 348 g/mol. The van der Waals surface area contributed by atoms with E-state index in [1.807, 2.05) is 25.1 Å².